The minimum Gasteiger partial charge on any atom is -0.482 e. The Hall–Kier alpha value is -4.77. The first-order valence-corrected chi connectivity index (χ1v) is 15.2. The largest absolute Gasteiger partial charge is 0.511 e. The summed E-state index contributed by atoms with van der Waals surface area (Å²) in [5.41, 5.74) is -2.67. The standard InChI is InChI=1S/C31H36F2N4O11/c1-18-6-7-31(13-24(43-3)35-48-31)23-16-36(18)29(40)25-27(46-17-47-30(41)45-11-10-44-9-8-42-2)26(38)21(15-37(23)25)28(39)34-14-19-4-5-20(32)12-22(19)33/h4-5,12,15,18,23H,6-11,13-14,16-17H2,1-3H3,(H,34,39)/t18-,23+,31?/m0/s1. The van der Waals surface area contributed by atoms with Gasteiger partial charge >= 0.3 is 6.16 Å². The van der Waals surface area contributed by atoms with Gasteiger partial charge in [0.2, 0.25) is 23.9 Å². The number of pyridine rings is 1. The number of fused-ring (bicyclic) bond motifs is 5. The summed E-state index contributed by atoms with van der Waals surface area (Å²) < 4.78 is 60.1. The van der Waals surface area contributed by atoms with Crippen LogP contribution >= 0.6 is 0 Å². The quantitative estimate of drug-likeness (QED) is 0.199. The van der Waals surface area contributed by atoms with E-state index < -0.39 is 64.8 Å². The molecule has 15 nitrogen and oxygen atoms in total. The van der Waals surface area contributed by atoms with Gasteiger partial charge in [0.1, 0.15) is 23.8 Å². The van der Waals surface area contributed by atoms with Crippen LogP contribution in [-0.4, -0.2) is 99.0 Å². The normalized spacial score (nSPS) is 21.1. The highest BCUT2D eigenvalue weighted by Crippen LogP contribution is 2.46. The number of amides is 2. The van der Waals surface area contributed by atoms with Crippen molar-refractivity contribution in [3.8, 4) is 5.75 Å². The zero-order valence-corrected chi connectivity index (χ0v) is 26.6. The summed E-state index contributed by atoms with van der Waals surface area (Å²) in [4.78, 5) is 61.0. The fourth-order valence-corrected chi connectivity index (χ4v) is 5.85. The molecule has 4 heterocycles. The van der Waals surface area contributed by atoms with Crippen molar-refractivity contribution in [1.82, 2.24) is 14.8 Å². The third-order valence-electron chi connectivity index (χ3n) is 8.46. The fraction of sp³-hybridized carbons (Fsp3) is 0.516. The van der Waals surface area contributed by atoms with Crippen LogP contribution in [0.1, 0.15) is 58.6 Å². The maximum atomic E-state index is 14.3. The lowest BCUT2D eigenvalue weighted by Gasteiger charge is -2.42. The molecule has 0 aliphatic carbocycles. The smallest absolute Gasteiger partial charge is 0.482 e. The molecule has 0 saturated carbocycles. The highest BCUT2D eigenvalue weighted by atomic mass is 19.1. The van der Waals surface area contributed by atoms with Gasteiger partial charge in [-0.3, -0.25) is 14.4 Å². The maximum absolute atomic E-state index is 14.3. The number of hydrogen-bond acceptors (Lipinski definition) is 12. The summed E-state index contributed by atoms with van der Waals surface area (Å²) in [5.74, 6) is -3.38. The molecule has 3 atom stereocenters. The van der Waals surface area contributed by atoms with E-state index in [-0.39, 0.29) is 50.0 Å². The Balaban J connectivity index is 1.46. The number of hydrogen-bond donors (Lipinski definition) is 1. The molecular weight excluding hydrogens is 642 g/mol. The second-order valence-electron chi connectivity index (χ2n) is 11.4. The number of benzene rings is 1. The van der Waals surface area contributed by atoms with Crippen molar-refractivity contribution in [2.75, 3.05) is 54.0 Å². The Labute approximate surface area is 273 Å². The first-order valence-electron chi connectivity index (χ1n) is 15.2. The number of halogens is 2. The zero-order chi connectivity index (χ0) is 34.4. The van der Waals surface area contributed by atoms with Gasteiger partial charge in [0.25, 0.3) is 11.8 Å². The molecule has 1 spiro atoms. The molecule has 1 aromatic carbocycles. The van der Waals surface area contributed by atoms with E-state index in [1.165, 1.54) is 25.0 Å². The van der Waals surface area contributed by atoms with Crippen LogP contribution in [0.25, 0.3) is 0 Å². The maximum Gasteiger partial charge on any atom is 0.511 e. The van der Waals surface area contributed by atoms with E-state index in [0.29, 0.717) is 38.0 Å². The molecule has 1 saturated heterocycles. The Morgan fingerprint density at radius 3 is 2.65 bits per heavy atom. The van der Waals surface area contributed by atoms with Gasteiger partial charge in [-0.05, 0) is 25.8 Å². The van der Waals surface area contributed by atoms with Gasteiger partial charge in [0.05, 0.1) is 39.4 Å². The number of aromatic nitrogens is 1. The van der Waals surface area contributed by atoms with Gasteiger partial charge in [-0.25, -0.2) is 13.6 Å². The van der Waals surface area contributed by atoms with Crippen molar-refractivity contribution in [1.29, 1.82) is 0 Å². The van der Waals surface area contributed by atoms with E-state index in [2.05, 4.69) is 10.5 Å². The number of methoxy groups -OCH3 is 2. The Bertz CT molecular complexity index is 1630. The van der Waals surface area contributed by atoms with E-state index in [9.17, 15) is 28.0 Å². The molecule has 5 rings (SSSR count). The Kier molecular flexibility index (Phi) is 10.8. The van der Waals surface area contributed by atoms with Crippen LogP contribution in [0, 0.1) is 11.6 Å². The van der Waals surface area contributed by atoms with Crippen molar-refractivity contribution in [3.05, 3.63) is 63.1 Å². The zero-order valence-electron chi connectivity index (χ0n) is 26.6. The predicted octanol–water partition coefficient (Wildman–Crippen LogP) is 2.51. The molecule has 3 aliphatic heterocycles. The van der Waals surface area contributed by atoms with Crippen LogP contribution in [0.2, 0.25) is 0 Å². The van der Waals surface area contributed by atoms with Gasteiger partial charge in [0, 0.05) is 44.1 Å². The van der Waals surface area contributed by atoms with Crippen molar-refractivity contribution >= 4 is 23.9 Å². The topological polar surface area (TPSA) is 165 Å². The van der Waals surface area contributed by atoms with Crippen molar-refractivity contribution in [2.24, 2.45) is 5.16 Å². The number of nitrogens with one attached hydrogen (secondary N) is 1. The molecule has 1 N–H and O–H groups in total. The number of rotatable bonds is 12. The average molecular weight is 679 g/mol. The molecule has 1 unspecified atom stereocenters. The first kappa shape index (κ1) is 34.6. The van der Waals surface area contributed by atoms with Gasteiger partial charge in [-0.15, -0.1) is 0 Å². The summed E-state index contributed by atoms with van der Waals surface area (Å²) in [7, 11) is 2.97. The number of carbonyl (C=O) groups is 3. The summed E-state index contributed by atoms with van der Waals surface area (Å²) in [6, 6.07) is 1.93. The number of nitrogens with zero attached hydrogens (tertiary/aromatic N) is 3. The lowest BCUT2D eigenvalue weighted by atomic mass is 9.85. The van der Waals surface area contributed by atoms with Crippen LogP contribution in [0.4, 0.5) is 13.6 Å². The van der Waals surface area contributed by atoms with Gasteiger partial charge in [-0.1, -0.05) is 11.2 Å². The van der Waals surface area contributed by atoms with Crippen molar-refractivity contribution in [2.45, 2.75) is 50.4 Å². The Morgan fingerprint density at radius 1 is 1.12 bits per heavy atom. The van der Waals surface area contributed by atoms with E-state index in [0.717, 1.165) is 12.1 Å². The van der Waals surface area contributed by atoms with Gasteiger partial charge in [0.15, 0.2) is 11.3 Å². The molecule has 2 bridgehead atoms. The van der Waals surface area contributed by atoms with E-state index in [1.807, 2.05) is 6.92 Å². The van der Waals surface area contributed by atoms with Crippen molar-refractivity contribution in [3.63, 3.8) is 0 Å². The molecule has 1 fully saturated rings. The third kappa shape index (κ3) is 7.21. The molecule has 2 amide bonds. The Morgan fingerprint density at radius 2 is 1.92 bits per heavy atom. The second kappa shape index (κ2) is 15.0. The molecule has 260 valence electrons. The predicted molar refractivity (Wildman–Crippen MR) is 160 cm³/mol. The van der Waals surface area contributed by atoms with Crippen molar-refractivity contribution < 1.29 is 56.4 Å². The molecule has 0 radical (unpaired) electrons. The van der Waals surface area contributed by atoms with Crippen LogP contribution in [0.3, 0.4) is 0 Å². The second-order valence-corrected chi connectivity index (χ2v) is 11.4. The fourth-order valence-electron chi connectivity index (χ4n) is 5.85. The van der Waals surface area contributed by atoms with Gasteiger partial charge in [-0.2, -0.15) is 0 Å². The van der Waals surface area contributed by atoms with Gasteiger partial charge < -0.3 is 48.0 Å². The summed E-state index contributed by atoms with van der Waals surface area (Å²) >= 11 is 0. The molecule has 1 aromatic heterocycles. The molecular formula is C31H36F2N4O11. The molecule has 48 heavy (non-hydrogen) atoms. The highest BCUT2D eigenvalue weighted by molar-refractivity contribution is 5.99. The van der Waals surface area contributed by atoms with Crippen LogP contribution in [0.5, 0.6) is 5.75 Å². The van der Waals surface area contributed by atoms with E-state index >= 15 is 0 Å². The first-order chi connectivity index (χ1) is 23.1. The lowest BCUT2D eigenvalue weighted by Crippen LogP contribution is -2.52. The molecule has 17 heteroatoms. The minimum absolute atomic E-state index is 0.0265. The highest BCUT2D eigenvalue weighted by Gasteiger charge is 2.55. The number of oxime groups is 1. The van der Waals surface area contributed by atoms with Crippen LogP contribution in [-0.2, 0) is 35.1 Å². The monoisotopic (exact) mass is 678 g/mol. The summed E-state index contributed by atoms with van der Waals surface area (Å²) in [5, 5.41) is 6.55. The third-order valence-corrected chi connectivity index (χ3v) is 8.46. The number of ether oxygens (including phenoxy) is 6. The average Bonchev–Trinajstić information content (AvgIpc) is 3.45. The van der Waals surface area contributed by atoms with Crippen LogP contribution in [0.15, 0.2) is 34.3 Å². The summed E-state index contributed by atoms with van der Waals surface area (Å²) in [6.07, 6.45) is 1.33. The lowest BCUT2D eigenvalue weighted by molar-refractivity contribution is -0.0658. The number of carbonyl (C=O) groups excluding carboxylic acids is 3. The molecule has 3 aliphatic rings. The minimum atomic E-state index is -1.13. The SMILES string of the molecule is COCCOCCOC(=O)OCOc1c2n(cc(C(=O)NCc3ccc(F)cc3F)c1=O)[C@@H]1CN(C2=O)[C@@H](C)CCC12CC(OC)=NO2. The van der Waals surface area contributed by atoms with Crippen LogP contribution < -0.4 is 15.5 Å². The summed E-state index contributed by atoms with van der Waals surface area (Å²) in [6.45, 7) is 1.40. The molecule has 2 aromatic rings. The van der Waals surface area contributed by atoms with E-state index in [4.69, 9.17) is 33.3 Å². The van der Waals surface area contributed by atoms with E-state index in [1.54, 1.807) is 4.90 Å².